The highest BCUT2D eigenvalue weighted by molar-refractivity contribution is 6.12. The van der Waals surface area contributed by atoms with E-state index in [0.717, 1.165) is 33.7 Å². The molecule has 0 radical (unpaired) electrons. The van der Waals surface area contributed by atoms with Gasteiger partial charge in [0.1, 0.15) is 11.3 Å². The number of nitrogens with zero attached hydrogens (tertiary/aromatic N) is 4. The third kappa shape index (κ3) is 8.32. The van der Waals surface area contributed by atoms with Crippen molar-refractivity contribution in [1.82, 2.24) is 19.7 Å². The number of aryl methyl sites for hydroxylation is 1. The zero-order chi connectivity index (χ0) is 38.5. The van der Waals surface area contributed by atoms with Crippen LogP contribution in [0.1, 0.15) is 37.6 Å². The van der Waals surface area contributed by atoms with Gasteiger partial charge in [0.2, 0.25) is 0 Å². The summed E-state index contributed by atoms with van der Waals surface area (Å²) in [6.45, 7) is 1.96. The summed E-state index contributed by atoms with van der Waals surface area (Å²) < 4.78 is 18.4. The number of pyridine rings is 1. The summed E-state index contributed by atoms with van der Waals surface area (Å²) in [4.78, 5) is 46.2. The Labute approximate surface area is 315 Å². The van der Waals surface area contributed by atoms with Crippen LogP contribution < -0.4 is 25.5 Å². The Bertz CT molecular complexity index is 2580. The molecule has 13 heteroatoms. The molecule has 278 valence electrons. The number of hydrogen-bond donors (Lipinski definition) is 3. The van der Waals surface area contributed by atoms with E-state index in [0.29, 0.717) is 37.1 Å². The Morgan fingerprint density at radius 1 is 0.818 bits per heavy atom. The van der Waals surface area contributed by atoms with E-state index in [1.807, 2.05) is 42.2 Å². The van der Waals surface area contributed by atoms with Crippen LogP contribution in [-0.2, 0) is 26.6 Å². The molecule has 0 spiro atoms. The number of benzene rings is 4. The molecular formula is C42H38N6O7. The normalized spacial score (nSPS) is 11.2. The molecule has 4 aromatic carbocycles. The van der Waals surface area contributed by atoms with Gasteiger partial charge in [-0.25, -0.2) is 0 Å². The van der Waals surface area contributed by atoms with Crippen molar-refractivity contribution in [2.75, 3.05) is 31.4 Å². The van der Waals surface area contributed by atoms with Crippen LogP contribution in [0, 0.1) is 0 Å². The molecule has 7 rings (SSSR count). The van der Waals surface area contributed by atoms with Crippen LogP contribution in [0.5, 0.6) is 17.2 Å². The van der Waals surface area contributed by atoms with E-state index in [4.69, 9.17) is 13.9 Å². The molecule has 3 heterocycles. The van der Waals surface area contributed by atoms with Gasteiger partial charge in [-0.05, 0) is 71.6 Å². The van der Waals surface area contributed by atoms with Gasteiger partial charge in [-0.15, -0.1) is 0 Å². The summed E-state index contributed by atoms with van der Waals surface area (Å²) >= 11 is 0. The second-order valence-electron chi connectivity index (χ2n) is 13.0. The van der Waals surface area contributed by atoms with E-state index in [-0.39, 0.29) is 45.3 Å². The molecule has 0 fully saturated rings. The van der Waals surface area contributed by atoms with Gasteiger partial charge in [-0.1, -0.05) is 30.3 Å². The second kappa shape index (κ2) is 15.9. The zero-order valence-corrected chi connectivity index (χ0v) is 30.4. The van der Waals surface area contributed by atoms with Crippen LogP contribution in [0.3, 0.4) is 0 Å². The summed E-state index contributed by atoms with van der Waals surface area (Å²) in [6, 6.07) is 26.2. The lowest BCUT2D eigenvalue weighted by Crippen LogP contribution is -2.25. The molecule has 0 aliphatic rings. The molecule has 0 aliphatic heterocycles. The molecule has 3 aromatic heterocycles. The first kappa shape index (κ1) is 36.4. The van der Waals surface area contributed by atoms with Crippen molar-refractivity contribution in [2.24, 2.45) is 7.05 Å². The van der Waals surface area contributed by atoms with Gasteiger partial charge in [0.05, 0.1) is 48.8 Å². The predicted molar refractivity (Wildman–Crippen MR) is 209 cm³/mol. The van der Waals surface area contributed by atoms with Crippen LogP contribution in [0.4, 0.5) is 11.4 Å². The first-order valence-corrected chi connectivity index (χ1v) is 17.4. The number of ether oxygens (including phenoxy) is 2. The lowest BCUT2D eigenvalue weighted by atomic mass is 10.1. The van der Waals surface area contributed by atoms with Gasteiger partial charge in [-0.2, -0.15) is 5.10 Å². The monoisotopic (exact) mass is 738 g/mol. The van der Waals surface area contributed by atoms with Crippen molar-refractivity contribution >= 4 is 45.1 Å². The minimum absolute atomic E-state index is 0.0970. The third-order valence-corrected chi connectivity index (χ3v) is 9.21. The standard InChI is InChI=1S/C42H38N6O7/c1-47-35-13-10-27(16-29(35)22-44-47)24-48(25-28-17-31(49)23-43-21-28)15-14-26-8-11-30(12-9-26)45-41(51)33-18-38(53-2)39(54-3)19-34(33)46-42(52)40-20-36(50)32-6-4-5-7-37(32)55-40/h4-13,16-23,49H,14-15,24-25H2,1-3H3,(H,45,51)(H,46,52). The van der Waals surface area contributed by atoms with Crippen LogP contribution in [0.2, 0.25) is 0 Å². The second-order valence-corrected chi connectivity index (χ2v) is 13.0. The fraction of sp³-hybridized carbons (Fsp3) is 0.167. The Hall–Kier alpha value is -6.99. The van der Waals surface area contributed by atoms with E-state index in [1.165, 1.54) is 32.5 Å². The van der Waals surface area contributed by atoms with Gasteiger partial charge < -0.3 is 29.6 Å². The Morgan fingerprint density at radius 2 is 1.56 bits per heavy atom. The summed E-state index contributed by atoms with van der Waals surface area (Å²) in [7, 11) is 4.81. The molecule has 0 atom stereocenters. The highest BCUT2D eigenvalue weighted by Crippen LogP contribution is 2.34. The summed E-state index contributed by atoms with van der Waals surface area (Å²) in [5, 5.41) is 21.4. The molecule has 13 nitrogen and oxygen atoms in total. The Morgan fingerprint density at radius 3 is 2.35 bits per heavy atom. The number of nitrogens with one attached hydrogen (secondary N) is 2. The largest absolute Gasteiger partial charge is 0.506 e. The maximum absolute atomic E-state index is 13.7. The number of para-hydroxylation sites is 1. The highest BCUT2D eigenvalue weighted by atomic mass is 16.5. The van der Waals surface area contributed by atoms with Crippen molar-refractivity contribution in [3.05, 3.63) is 148 Å². The molecule has 0 bridgehead atoms. The fourth-order valence-electron chi connectivity index (χ4n) is 6.41. The van der Waals surface area contributed by atoms with Gasteiger partial charge in [-0.3, -0.25) is 28.9 Å². The predicted octanol–water partition coefficient (Wildman–Crippen LogP) is 6.55. The number of hydrogen-bond acceptors (Lipinski definition) is 10. The van der Waals surface area contributed by atoms with E-state index >= 15 is 0 Å². The number of carbonyl (C=O) groups is 2. The Kier molecular flexibility index (Phi) is 10.5. The maximum Gasteiger partial charge on any atom is 0.291 e. The molecule has 7 aromatic rings. The lowest BCUT2D eigenvalue weighted by molar-refractivity contribution is 0.0997. The third-order valence-electron chi connectivity index (χ3n) is 9.21. The topological polar surface area (TPSA) is 161 Å². The van der Waals surface area contributed by atoms with Crippen molar-refractivity contribution < 1.29 is 28.6 Å². The van der Waals surface area contributed by atoms with Gasteiger partial charge in [0.15, 0.2) is 22.7 Å². The average Bonchev–Trinajstić information content (AvgIpc) is 3.56. The van der Waals surface area contributed by atoms with E-state index in [1.54, 1.807) is 36.5 Å². The number of rotatable bonds is 13. The highest BCUT2D eigenvalue weighted by Gasteiger charge is 2.21. The molecular weight excluding hydrogens is 700 g/mol. The van der Waals surface area contributed by atoms with Crippen LogP contribution in [-0.4, -0.2) is 57.3 Å². The number of methoxy groups -OCH3 is 2. The van der Waals surface area contributed by atoms with Crippen molar-refractivity contribution in [1.29, 1.82) is 0 Å². The van der Waals surface area contributed by atoms with Crippen LogP contribution >= 0.6 is 0 Å². The van der Waals surface area contributed by atoms with Crippen molar-refractivity contribution in [3.8, 4) is 17.2 Å². The fourth-order valence-corrected chi connectivity index (χ4v) is 6.41. The quantitative estimate of drug-likeness (QED) is 0.118. The van der Waals surface area contributed by atoms with Gasteiger partial charge >= 0.3 is 0 Å². The average molecular weight is 739 g/mol. The first-order chi connectivity index (χ1) is 26.7. The molecule has 0 aliphatic carbocycles. The zero-order valence-electron chi connectivity index (χ0n) is 30.4. The molecule has 55 heavy (non-hydrogen) atoms. The number of anilines is 2. The maximum atomic E-state index is 13.7. The van der Waals surface area contributed by atoms with Gasteiger partial charge in [0, 0.05) is 56.1 Å². The molecule has 0 unspecified atom stereocenters. The van der Waals surface area contributed by atoms with Crippen LogP contribution in [0.25, 0.3) is 21.9 Å². The Balaban J connectivity index is 1.06. The van der Waals surface area contributed by atoms with E-state index in [2.05, 4.69) is 43.8 Å². The molecule has 3 N–H and O–H groups in total. The van der Waals surface area contributed by atoms with Crippen LogP contribution in [0.15, 0.2) is 119 Å². The van der Waals surface area contributed by atoms with E-state index < -0.39 is 11.8 Å². The summed E-state index contributed by atoms with van der Waals surface area (Å²) in [5.41, 5.74) is 4.79. The lowest BCUT2D eigenvalue weighted by Gasteiger charge is -2.23. The van der Waals surface area contributed by atoms with E-state index in [9.17, 15) is 19.5 Å². The molecule has 2 amide bonds. The smallest absolute Gasteiger partial charge is 0.291 e. The number of aromatic nitrogens is 3. The number of amides is 2. The van der Waals surface area contributed by atoms with Crippen molar-refractivity contribution in [2.45, 2.75) is 19.5 Å². The minimum Gasteiger partial charge on any atom is -0.506 e. The SMILES string of the molecule is COc1cc(NC(=O)c2cc(=O)c3ccccc3o2)c(C(=O)Nc2ccc(CCN(Cc3cncc(O)c3)Cc3ccc4c(cnn4C)c3)cc2)cc1OC. The number of fused-ring (bicyclic) bond motifs is 2. The number of carbonyl (C=O) groups excluding carboxylic acids is 2. The minimum atomic E-state index is -0.722. The first-order valence-electron chi connectivity index (χ1n) is 17.4. The summed E-state index contributed by atoms with van der Waals surface area (Å²) in [6.07, 6.45) is 5.74. The number of aromatic hydroxyl groups is 1. The van der Waals surface area contributed by atoms with Gasteiger partial charge in [0.25, 0.3) is 11.8 Å². The summed E-state index contributed by atoms with van der Waals surface area (Å²) in [5.74, 6) is -0.768. The molecule has 0 saturated carbocycles. The van der Waals surface area contributed by atoms with Crippen molar-refractivity contribution in [3.63, 3.8) is 0 Å². The molecule has 0 saturated heterocycles.